The summed E-state index contributed by atoms with van der Waals surface area (Å²) in [6.07, 6.45) is 0. The van der Waals surface area contributed by atoms with E-state index >= 15 is 0 Å². The molecule has 0 spiro atoms. The van der Waals surface area contributed by atoms with Crippen LogP contribution in [-0.2, 0) is 0 Å². The first-order valence-corrected chi connectivity index (χ1v) is 45.6. The van der Waals surface area contributed by atoms with Crippen LogP contribution in [0.2, 0.25) is 0 Å². The SMILES string of the molecule is Cc1ccc([Si](c2ccc(C)cc2)(c2ccc(C)cc2)c2cccc(-c3ccc(N(c4cc(C(C)C)c5ccc6c(N(c7ccc(-c8cccc([Si](c9ccc(C)cc9)(c9ccc(C)cc9)c9ccc(C)cc9)c8)cc7)c7cccc8c7oc7ccccc78)cc(C(C)C)c7ccc4c5c76)c4cccc5c4oc4ccccc45)cc3)c2)cc1. The van der Waals surface area contributed by atoms with Crippen molar-refractivity contribution in [3.8, 4) is 22.3 Å². The van der Waals surface area contributed by atoms with Gasteiger partial charge < -0.3 is 18.6 Å². The van der Waals surface area contributed by atoms with Crippen LogP contribution in [0.4, 0.5) is 34.1 Å². The summed E-state index contributed by atoms with van der Waals surface area (Å²) in [6.45, 7) is 22.6. The van der Waals surface area contributed by atoms with Gasteiger partial charge in [0.2, 0.25) is 0 Å². The summed E-state index contributed by atoms with van der Waals surface area (Å²) in [7, 11) is -5.81. The van der Waals surface area contributed by atoms with Crippen LogP contribution in [0.1, 0.15) is 84.0 Å². The lowest BCUT2D eigenvalue weighted by molar-refractivity contribution is 0.668. The molecule has 0 saturated heterocycles. The van der Waals surface area contributed by atoms with Crippen LogP contribution in [0.5, 0.6) is 0 Å². The normalized spacial score (nSPS) is 12.1. The van der Waals surface area contributed by atoms with Gasteiger partial charge in [0, 0.05) is 43.7 Å². The zero-order valence-corrected chi connectivity index (χ0v) is 70.5. The van der Waals surface area contributed by atoms with Gasteiger partial charge in [-0.1, -0.05) is 364 Å². The Bertz CT molecular complexity index is 6540. The number of para-hydroxylation sites is 4. The van der Waals surface area contributed by atoms with Crippen LogP contribution in [0.15, 0.2) is 373 Å². The number of anilines is 6. The van der Waals surface area contributed by atoms with Crippen LogP contribution in [0.25, 0.3) is 98.4 Å². The van der Waals surface area contributed by atoms with Gasteiger partial charge in [0.1, 0.15) is 11.2 Å². The maximum atomic E-state index is 7.16. The third kappa shape index (κ3) is 12.2. The van der Waals surface area contributed by atoms with Gasteiger partial charge in [0.15, 0.2) is 27.3 Å². The molecule has 0 N–H and O–H groups in total. The zero-order chi connectivity index (χ0) is 80.2. The Morgan fingerprint density at radius 2 is 0.508 bits per heavy atom. The van der Waals surface area contributed by atoms with Crippen molar-refractivity contribution in [3.63, 3.8) is 0 Å². The molecule has 118 heavy (non-hydrogen) atoms. The first-order valence-electron chi connectivity index (χ1n) is 41.6. The number of rotatable bonds is 18. The van der Waals surface area contributed by atoms with Crippen molar-refractivity contribution in [2.24, 2.45) is 0 Å². The van der Waals surface area contributed by atoms with E-state index in [-0.39, 0.29) is 11.8 Å². The molecule has 0 aliphatic carbocycles. The van der Waals surface area contributed by atoms with E-state index in [2.05, 4.69) is 443 Å². The van der Waals surface area contributed by atoms with E-state index in [1.54, 1.807) is 0 Å². The molecule has 0 aliphatic rings. The first kappa shape index (κ1) is 73.5. The molecule has 0 fully saturated rings. The van der Waals surface area contributed by atoms with Crippen LogP contribution < -0.4 is 51.3 Å². The standard InChI is InChI=1S/C112H92N2O2Si2/c1-71(2)101-69-105(113(103-27-17-25-97-93-23-11-13-29-107(93)115-111(97)103)83-47-43-79(44-48-83)81-19-15-21-91(67-81)117(85-51-31-73(5)32-52-85,86-53-33-74(6)34-54-86)87-55-35-75(7)36-56-87)99-66-64-96-102(72(3)4)70-106(100-65-63-95(101)109(99)110(96)100)114(104-28-18-26-98-94-24-12-14-30-108(94)116-112(98)104)84-49-45-80(46-50-84)82-20-16-22-92(68-82)118(88-57-37-76(8)38-58-88,89-59-39-77(9)40-60-89)90-61-41-78(10)42-62-90/h11-72H,1-10H3. The van der Waals surface area contributed by atoms with Crippen molar-refractivity contribution < 1.29 is 8.83 Å². The Morgan fingerprint density at radius 1 is 0.220 bits per heavy atom. The number of hydrogen-bond donors (Lipinski definition) is 0. The average molecular weight is 1550 g/mol. The van der Waals surface area contributed by atoms with Crippen molar-refractivity contribution in [2.45, 2.75) is 81.1 Å². The lowest BCUT2D eigenvalue weighted by atomic mass is 9.84. The molecule has 0 aliphatic heterocycles. The maximum absolute atomic E-state index is 7.16. The fourth-order valence-electron chi connectivity index (χ4n) is 19.3. The molecule has 0 unspecified atom stereocenters. The minimum atomic E-state index is -2.91. The number of aryl methyl sites for hydroxylation is 6. The summed E-state index contributed by atoms with van der Waals surface area (Å²) >= 11 is 0. The molecule has 0 amide bonds. The van der Waals surface area contributed by atoms with E-state index < -0.39 is 16.1 Å². The lowest BCUT2D eigenvalue weighted by Crippen LogP contribution is -2.74. The average Bonchev–Trinajstić information content (AvgIpc) is 0.833. The Kier molecular flexibility index (Phi) is 18.3. The molecule has 4 nitrogen and oxygen atoms in total. The van der Waals surface area contributed by atoms with Gasteiger partial charge in [0.25, 0.3) is 0 Å². The molecule has 0 saturated carbocycles. The fourth-order valence-corrected chi connectivity index (χ4v) is 28.7. The molecule has 6 heteroatoms. The largest absolute Gasteiger partial charge is 0.454 e. The van der Waals surface area contributed by atoms with Crippen LogP contribution >= 0.6 is 0 Å². The minimum Gasteiger partial charge on any atom is -0.454 e. The number of hydrogen-bond acceptors (Lipinski definition) is 4. The van der Waals surface area contributed by atoms with Crippen LogP contribution in [0, 0.1) is 41.5 Å². The zero-order valence-electron chi connectivity index (χ0n) is 68.5. The van der Waals surface area contributed by atoms with E-state index in [9.17, 15) is 0 Å². The van der Waals surface area contributed by atoms with Gasteiger partial charge in [-0.3, -0.25) is 0 Å². The highest BCUT2D eigenvalue weighted by atomic mass is 28.3. The second-order valence-electron chi connectivity index (χ2n) is 33.5. The molecular formula is C112H92N2O2Si2. The quantitative estimate of drug-likeness (QED) is 0.0487. The number of furan rings is 2. The van der Waals surface area contributed by atoms with Gasteiger partial charge in [-0.2, -0.15) is 0 Å². The molecule has 2 aromatic heterocycles. The van der Waals surface area contributed by atoms with E-state index in [4.69, 9.17) is 8.83 Å². The second-order valence-corrected chi connectivity index (χ2v) is 41.1. The predicted molar refractivity (Wildman–Crippen MR) is 509 cm³/mol. The number of nitrogens with zero attached hydrogens (tertiary/aromatic N) is 2. The van der Waals surface area contributed by atoms with E-state index in [0.717, 1.165) is 99.9 Å². The predicted octanol–water partition coefficient (Wildman–Crippen LogP) is 25.5. The maximum Gasteiger partial charge on any atom is 0.179 e. The van der Waals surface area contributed by atoms with E-state index in [1.165, 1.54) is 119 Å². The molecule has 18 aromatic carbocycles. The summed E-state index contributed by atoms with van der Waals surface area (Å²) in [5.74, 6) is 0.295. The van der Waals surface area contributed by atoms with E-state index in [1.807, 2.05) is 0 Å². The van der Waals surface area contributed by atoms with Crippen molar-refractivity contribution in [1.82, 2.24) is 0 Å². The highest BCUT2D eigenvalue weighted by molar-refractivity contribution is 7.20. The second kappa shape index (κ2) is 29.4. The smallest absolute Gasteiger partial charge is 0.179 e. The minimum absolute atomic E-state index is 0.147. The Balaban J connectivity index is 0.781. The molecule has 2 heterocycles. The summed E-state index contributed by atoms with van der Waals surface area (Å²) in [4.78, 5) is 5.00. The topological polar surface area (TPSA) is 32.8 Å². The molecule has 0 atom stereocenters. The highest BCUT2D eigenvalue weighted by Crippen LogP contribution is 2.54. The summed E-state index contributed by atoms with van der Waals surface area (Å²) in [5.41, 5.74) is 24.2. The molecule has 0 bridgehead atoms. The van der Waals surface area contributed by atoms with Gasteiger partial charge in [-0.15, -0.1) is 0 Å². The van der Waals surface area contributed by atoms with Gasteiger partial charge in [-0.25, -0.2) is 0 Å². The molecule has 20 aromatic rings. The van der Waals surface area contributed by atoms with Crippen LogP contribution in [-0.4, -0.2) is 16.1 Å². The highest BCUT2D eigenvalue weighted by Gasteiger charge is 2.44. The summed E-state index contributed by atoms with van der Waals surface area (Å²) < 4.78 is 14.3. The third-order valence-corrected chi connectivity index (χ3v) is 34.9. The Hall–Kier alpha value is -13.4. The monoisotopic (exact) mass is 1550 g/mol. The van der Waals surface area contributed by atoms with Gasteiger partial charge in [0.05, 0.1) is 22.7 Å². The van der Waals surface area contributed by atoms with Gasteiger partial charge >= 0.3 is 0 Å². The van der Waals surface area contributed by atoms with E-state index in [0.29, 0.717) is 0 Å². The summed E-state index contributed by atoms with van der Waals surface area (Å²) in [6, 6.07) is 139. The third-order valence-electron chi connectivity index (χ3n) is 25.3. The molecule has 20 rings (SSSR count). The van der Waals surface area contributed by atoms with Crippen LogP contribution in [0.3, 0.4) is 0 Å². The van der Waals surface area contributed by atoms with Crippen molar-refractivity contribution in [3.05, 3.63) is 408 Å². The number of benzene rings is 18. The fraction of sp³-hybridized carbons (Fsp3) is 0.107. The first-order chi connectivity index (χ1) is 57.6. The molecule has 0 radical (unpaired) electrons. The van der Waals surface area contributed by atoms with Gasteiger partial charge in [-0.05, 0) is 210 Å². The van der Waals surface area contributed by atoms with Crippen molar-refractivity contribution in [2.75, 3.05) is 9.80 Å². The van der Waals surface area contributed by atoms with Crippen molar-refractivity contribution in [1.29, 1.82) is 0 Å². The molecular weight excluding hydrogens is 1460 g/mol. The van der Waals surface area contributed by atoms with Crippen molar-refractivity contribution >= 4 is 168 Å². The Morgan fingerprint density at radius 3 is 0.822 bits per heavy atom. The summed E-state index contributed by atoms with van der Waals surface area (Å²) in [5, 5.41) is 22.4. The molecule has 570 valence electrons. The Labute approximate surface area is 693 Å². The lowest BCUT2D eigenvalue weighted by Gasteiger charge is -2.35. The number of fused-ring (bicyclic) bond motifs is 6.